The fourth-order valence-corrected chi connectivity index (χ4v) is 3.14. The van der Waals surface area contributed by atoms with Gasteiger partial charge in [-0.3, -0.25) is 4.90 Å². The predicted molar refractivity (Wildman–Crippen MR) is 98.9 cm³/mol. The van der Waals surface area contributed by atoms with E-state index in [-0.39, 0.29) is 12.1 Å². The smallest absolute Gasteiger partial charge is 0.315 e. The average Bonchev–Trinajstić information content (AvgIpc) is 2.62. The Morgan fingerprint density at radius 2 is 1.92 bits per heavy atom. The third-order valence-corrected chi connectivity index (χ3v) is 4.62. The molecular weight excluding hydrogens is 318 g/mol. The Labute approximate surface area is 150 Å². The molecule has 0 spiro atoms. The van der Waals surface area contributed by atoms with Gasteiger partial charge in [-0.05, 0) is 56.5 Å². The Hall–Kier alpha value is -1.79. The van der Waals surface area contributed by atoms with Gasteiger partial charge in [-0.15, -0.1) is 0 Å². The lowest BCUT2D eigenvalue weighted by Gasteiger charge is -2.32. The minimum atomic E-state index is -0.106. The number of carbonyl (C=O) groups is 1. The van der Waals surface area contributed by atoms with Crippen LogP contribution >= 0.6 is 0 Å². The number of likely N-dealkylation sites (tertiary alicyclic amines) is 1. The first-order chi connectivity index (χ1) is 12.1. The molecule has 0 saturated carbocycles. The highest BCUT2D eigenvalue weighted by Crippen LogP contribution is 2.19. The lowest BCUT2D eigenvalue weighted by molar-refractivity contribution is 0.166. The third kappa shape index (κ3) is 6.92. The van der Waals surface area contributed by atoms with Gasteiger partial charge in [0.2, 0.25) is 0 Å². The van der Waals surface area contributed by atoms with Gasteiger partial charge in [0.05, 0.1) is 19.8 Å². The first kappa shape index (κ1) is 19.5. The number of ether oxygens (including phenoxy) is 2. The van der Waals surface area contributed by atoms with Crippen LogP contribution < -0.4 is 15.4 Å². The maximum atomic E-state index is 11.8. The van der Waals surface area contributed by atoms with E-state index in [0.717, 1.165) is 44.8 Å². The van der Waals surface area contributed by atoms with Gasteiger partial charge in [-0.1, -0.05) is 12.1 Å². The van der Waals surface area contributed by atoms with Crippen molar-refractivity contribution in [2.75, 3.05) is 40.5 Å². The molecular formula is C19H31N3O3. The van der Waals surface area contributed by atoms with Crippen LogP contribution in [-0.4, -0.2) is 57.4 Å². The van der Waals surface area contributed by atoms with Crippen molar-refractivity contribution in [2.24, 2.45) is 5.92 Å². The quantitative estimate of drug-likeness (QED) is 0.756. The monoisotopic (exact) mass is 349 g/mol. The third-order valence-electron chi connectivity index (χ3n) is 4.62. The molecule has 0 bridgehead atoms. The van der Waals surface area contributed by atoms with Crippen LogP contribution in [0.25, 0.3) is 0 Å². The Morgan fingerprint density at radius 3 is 2.52 bits per heavy atom. The van der Waals surface area contributed by atoms with E-state index in [2.05, 4.69) is 27.7 Å². The van der Waals surface area contributed by atoms with Crippen molar-refractivity contribution in [2.45, 2.75) is 32.4 Å². The van der Waals surface area contributed by atoms with Crippen molar-refractivity contribution < 1.29 is 14.3 Å². The molecule has 25 heavy (non-hydrogen) atoms. The number of amides is 2. The largest absolute Gasteiger partial charge is 0.497 e. The summed E-state index contributed by atoms with van der Waals surface area (Å²) in [4.78, 5) is 14.3. The van der Waals surface area contributed by atoms with Gasteiger partial charge in [0.25, 0.3) is 0 Å². The second kappa shape index (κ2) is 10.3. The summed E-state index contributed by atoms with van der Waals surface area (Å²) in [5.41, 5.74) is 1.31. The molecule has 6 heteroatoms. The summed E-state index contributed by atoms with van der Waals surface area (Å²) in [5, 5.41) is 5.86. The molecule has 1 heterocycles. The van der Waals surface area contributed by atoms with Gasteiger partial charge in [-0.2, -0.15) is 0 Å². The van der Waals surface area contributed by atoms with Crippen molar-refractivity contribution in [1.29, 1.82) is 0 Å². The van der Waals surface area contributed by atoms with E-state index in [0.29, 0.717) is 12.5 Å². The number of rotatable bonds is 8. The van der Waals surface area contributed by atoms with Crippen molar-refractivity contribution >= 4 is 6.03 Å². The average molecular weight is 349 g/mol. The molecule has 0 radical (unpaired) electrons. The predicted octanol–water partition coefficient (Wildman–Crippen LogP) is 2.24. The molecule has 1 aliphatic rings. The molecule has 1 atom stereocenters. The Kier molecular flexibility index (Phi) is 8.01. The molecule has 1 saturated heterocycles. The zero-order valence-corrected chi connectivity index (χ0v) is 15.6. The highest BCUT2D eigenvalue weighted by molar-refractivity contribution is 5.74. The molecule has 1 unspecified atom stereocenters. The van der Waals surface area contributed by atoms with Gasteiger partial charge in [0, 0.05) is 20.2 Å². The summed E-state index contributed by atoms with van der Waals surface area (Å²) in [6.45, 7) is 6.30. The summed E-state index contributed by atoms with van der Waals surface area (Å²) in [7, 11) is 3.32. The molecule has 2 rings (SSSR count). The lowest BCUT2D eigenvalue weighted by Crippen LogP contribution is -2.45. The molecule has 2 amide bonds. The number of nitrogens with one attached hydrogen (secondary N) is 2. The number of nitrogens with zero attached hydrogens (tertiary/aromatic N) is 1. The number of carbonyl (C=O) groups excluding carboxylic acids is 1. The molecule has 0 aromatic heterocycles. The number of benzene rings is 1. The Morgan fingerprint density at radius 1 is 1.24 bits per heavy atom. The molecule has 140 valence electrons. The fraction of sp³-hybridized carbons (Fsp3) is 0.632. The van der Waals surface area contributed by atoms with Crippen LogP contribution in [-0.2, 0) is 11.3 Å². The number of hydrogen-bond acceptors (Lipinski definition) is 4. The minimum Gasteiger partial charge on any atom is -0.497 e. The van der Waals surface area contributed by atoms with Gasteiger partial charge in [0.15, 0.2) is 0 Å². The van der Waals surface area contributed by atoms with E-state index < -0.39 is 0 Å². The summed E-state index contributed by atoms with van der Waals surface area (Å²) >= 11 is 0. The molecule has 1 aliphatic heterocycles. The van der Waals surface area contributed by atoms with Gasteiger partial charge in [-0.25, -0.2) is 4.79 Å². The van der Waals surface area contributed by atoms with E-state index in [1.165, 1.54) is 5.56 Å². The summed E-state index contributed by atoms with van der Waals surface area (Å²) in [6, 6.07) is 8.18. The van der Waals surface area contributed by atoms with Crippen LogP contribution in [0.1, 0.15) is 25.3 Å². The maximum Gasteiger partial charge on any atom is 0.315 e. The summed E-state index contributed by atoms with van der Waals surface area (Å²) < 4.78 is 10.2. The Bertz CT molecular complexity index is 513. The molecule has 1 aromatic rings. The van der Waals surface area contributed by atoms with Crippen LogP contribution in [0.3, 0.4) is 0 Å². The zero-order chi connectivity index (χ0) is 18.1. The lowest BCUT2D eigenvalue weighted by atomic mass is 9.96. The first-order valence-electron chi connectivity index (χ1n) is 8.99. The topological polar surface area (TPSA) is 62.8 Å². The standard InChI is InChI=1S/C19H31N3O3/c1-15(14-24-2)21-19(23)20-12-16-8-10-22(11-9-16)13-17-4-6-18(25-3)7-5-17/h4-7,15-16H,8-14H2,1-3H3,(H2,20,21,23). The van der Waals surface area contributed by atoms with E-state index in [1.54, 1.807) is 14.2 Å². The van der Waals surface area contributed by atoms with Crippen LogP contribution in [0, 0.1) is 5.92 Å². The second-order valence-electron chi connectivity index (χ2n) is 6.78. The van der Waals surface area contributed by atoms with Crippen LogP contribution in [0.4, 0.5) is 4.79 Å². The van der Waals surface area contributed by atoms with E-state index in [4.69, 9.17) is 9.47 Å². The highest BCUT2D eigenvalue weighted by Gasteiger charge is 2.20. The number of piperidine rings is 1. The van der Waals surface area contributed by atoms with E-state index in [1.807, 2.05) is 19.1 Å². The van der Waals surface area contributed by atoms with Crippen LogP contribution in [0.5, 0.6) is 5.75 Å². The fourth-order valence-electron chi connectivity index (χ4n) is 3.14. The molecule has 1 aromatic carbocycles. The van der Waals surface area contributed by atoms with Gasteiger partial charge < -0.3 is 20.1 Å². The van der Waals surface area contributed by atoms with Crippen LogP contribution in [0.15, 0.2) is 24.3 Å². The van der Waals surface area contributed by atoms with E-state index >= 15 is 0 Å². The SMILES string of the molecule is COCC(C)NC(=O)NCC1CCN(Cc2ccc(OC)cc2)CC1. The molecule has 6 nitrogen and oxygen atoms in total. The van der Waals surface area contributed by atoms with Crippen molar-refractivity contribution in [3.63, 3.8) is 0 Å². The van der Waals surface area contributed by atoms with Crippen LogP contribution in [0.2, 0.25) is 0 Å². The van der Waals surface area contributed by atoms with Gasteiger partial charge >= 0.3 is 6.03 Å². The first-order valence-corrected chi connectivity index (χ1v) is 8.99. The van der Waals surface area contributed by atoms with Crippen molar-refractivity contribution in [1.82, 2.24) is 15.5 Å². The van der Waals surface area contributed by atoms with Crippen molar-refractivity contribution in [3.05, 3.63) is 29.8 Å². The molecule has 2 N–H and O–H groups in total. The summed E-state index contributed by atoms with van der Waals surface area (Å²) in [5.74, 6) is 1.45. The second-order valence-corrected chi connectivity index (χ2v) is 6.78. The Balaban J connectivity index is 1.64. The van der Waals surface area contributed by atoms with Crippen molar-refractivity contribution in [3.8, 4) is 5.75 Å². The molecule has 0 aliphatic carbocycles. The number of hydrogen-bond donors (Lipinski definition) is 2. The van der Waals surface area contributed by atoms with E-state index in [9.17, 15) is 4.79 Å². The minimum absolute atomic E-state index is 0.0244. The van der Waals surface area contributed by atoms with Gasteiger partial charge in [0.1, 0.15) is 5.75 Å². The summed E-state index contributed by atoms with van der Waals surface area (Å²) in [6.07, 6.45) is 2.23. The highest BCUT2D eigenvalue weighted by atomic mass is 16.5. The number of methoxy groups -OCH3 is 2. The number of urea groups is 1. The maximum absolute atomic E-state index is 11.8. The normalized spacial score (nSPS) is 17.1. The molecule has 1 fully saturated rings. The zero-order valence-electron chi connectivity index (χ0n) is 15.6.